The van der Waals surface area contributed by atoms with Crippen LogP contribution >= 0.6 is 17.0 Å². The van der Waals surface area contributed by atoms with Crippen LogP contribution in [0.3, 0.4) is 0 Å². The quantitative estimate of drug-likeness (QED) is 0.426. The molecule has 0 unspecified atom stereocenters. The Hall–Kier alpha value is 1.46. The van der Waals surface area contributed by atoms with E-state index in [0.717, 1.165) is 12.8 Å². The molecule has 0 heterocycles. The van der Waals surface area contributed by atoms with Crippen molar-refractivity contribution >= 4 is 17.0 Å². The van der Waals surface area contributed by atoms with Crippen LogP contribution in [0.4, 0.5) is 0 Å². The van der Waals surface area contributed by atoms with Gasteiger partial charge in [-0.1, -0.05) is 13.8 Å². The Morgan fingerprint density at radius 1 is 0.933 bits per heavy atom. The third-order valence-corrected chi connectivity index (χ3v) is 1.39. The molecular weight excluding hydrogens is 306 g/mol. The summed E-state index contributed by atoms with van der Waals surface area (Å²) in [6.07, 6.45) is 11.3. The molecule has 0 aliphatic carbocycles. The van der Waals surface area contributed by atoms with E-state index < -0.39 is 20.8 Å². The van der Waals surface area contributed by atoms with Gasteiger partial charge >= 0.3 is 37.9 Å². The predicted molar refractivity (Wildman–Crippen MR) is 70.1 cm³/mol. The molecule has 0 rings (SSSR count). The van der Waals surface area contributed by atoms with Gasteiger partial charge in [0, 0.05) is 0 Å². The number of halogens is 2. The SMILES string of the molecule is [CH2-]CC[CH-]CC.[CH2-]CC[CH-]CC.[Cl][Zr][Cl]. The molecule has 0 amide bonds. The molecule has 0 atom stereocenters. The molecule has 0 radical (unpaired) electrons. The second-order valence-electron chi connectivity index (χ2n) is 2.75. The summed E-state index contributed by atoms with van der Waals surface area (Å²) in [5.41, 5.74) is 0. The van der Waals surface area contributed by atoms with E-state index in [1.54, 1.807) is 0 Å². The van der Waals surface area contributed by atoms with Gasteiger partial charge in [0.25, 0.3) is 0 Å². The maximum atomic E-state index is 4.93. The summed E-state index contributed by atoms with van der Waals surface area (Å²) < 4.78 is 0. The number of hydrogen-bond donors (Lipinski definition) is 0. The molecule has 0 aliphatic rings. The van der Waals surface area contributed by atoms with Gasteiger partial charge in [0.1, 0.15) is 0 Å². The molecule has 0 aliphatic heterocycles. The van der Waals surface area contributed by atoms with Gasteiger partial charge in [0.15, 0.2) is 0 Å². The first-order chi connectivity index (χ1) is 7.24. The summed E-state index contributed by atoms with van der Waals surface area (Å²) in [4.78, 5) is 0. The van der Waals surface area contributed by atoms with Crippen LogP contribution in [0, 0.1) is 26.7 Å². The van der Waals surface area contributed by atoms with Gasteiger partial charge in [0.2, 0.25) is 0 Å². The average Bonchev–Trinajstić information content (AvgIpc) is 2.25. The number of hydrogen-bond acceptors (Lipinski definition) is 0. The fraction of sp³-hybridized carbons (Fsp3) is 0.667. The molecule has 0 spiro atoms. The maximum absolute atomic E-state index is 4.93. The third-order valence-electron chi connectivity index (χ3n) is 1.39. The second kappa shape index (κ2) is 29.5. The van der Waals surface area contributed by atoms with Gasteiger partial charge in [-0.25, -0.2) is 25.7 Å². The Bertz CT molecular complexity index is 54.6. The number of unbranched alkanes of at least 4 members (excludes halogenated alkanes) is 6. The first-order valence-electron chi connectivity index (χ1n) is 5.43. The van der Waals surface area contributed by atoms with Crippen LogP contribution in [0.2, 0.25) is 0 Å². The Morgan fingerprint density at radius 2 is 1.20 bits per heavy atom. The number of rotatable bonds is 6. The van der Waals surface area contributed by atoms with Gasteiger partial charge in [0.05, 0.1) is 0 Å². The van der Waals surface area contributed by atoms with Gasteiger partial charge < -0.3 is 26.7 Å². The molecule has 3 heteroatoms. The van der Waals surface area contributed by atoms with E-state index in [1.165, 1.54) is 25.7 Å². The van der Waals surface area contributed by atoms with Crippen LogP contribution in [-0.4, -0.2) is 0 Å². The summed E-state index contributed by atoms with van der Waals surface area (Å²) in [7, 11) is 9.87. The minimum atomic E-state index is -0.826. The van der Waals surface area contributed by atoms with Crippen molar-refractivity contribution < 1.29 is 20.8 Å². The van der Waals surface area contributed by atoms with Crippen LogP contribution < -0.4 is 0 Å². The van der Waals surface area contributed by atoms with Crippen molar-refractivity contribution in [3.63, 3.8) is 0 Å². The van der Waals surface area contributed by atoms with Gasteiger partial charge in [-0.05, 0) is 0 Å². The molecule has 94 valence electrons. The molecule has 0 aromatic rings. The van der Waals surface area contributed by atoms with E-state index in [0.29, 0.717) is 0 Å². The van der Waals surface area contributed by atoms with Gasteiger partial charge in [-0.15, -0.1) is 0 Å². The normalized spacial score (nSPS) is 8.13. The predicted octanol–water partition coefficient (Wildman–Crippen LogP) is 5.81. The molecular formula is C12H24Cl2Zr-4. The van der Waals surface area contributed by atoms with Crippen molar-refractivity contribution in [1.29, 1.82) is 0 Å². The summed E-state index contributed by atoms with van der Waals surface area (Å²) in [6, 6.07) is 0. The topological polar surface area (TPSA) is 0 Å². The first kappa shape index (κ1) is 21.7. The summed E-state index contributed by atoms with van der Waals surface area (Å²) in [5, 5.41) is 0. The zero-order valence-corrected chi connectivity index (χ0v) is 14.0. The first-order valence-corrected chi connectivity index (χ1v) is 11.8. The second-order valence-corrected chi connectivity index (χ2v) is 6.48. The third kappa shape index (κ3) is 50.3. The molecule has 0 nitrogen and oxygen atoms in total. The van der Waals surface area contributed by atoms with Crippen LogP contribution in [0.1, 0.15) is 52.4 Å². The van der Waals surface area contributed by atoms with Crippen molar-refractivity contribution in [3.05, 3.63) is 26.7 Å². The van der Waals surface area contributed by atoms with Crippen molar-refractivity contribution in [2.75, 3.05) is 0 Å². The summed E-state index contributed by atoms with van der Waals surface area (Å²) in [6.45, 7) is 11.7. The minimum absolute atomic E-state index is 0.826. The molecule has 15 heavy (non-hydrogen) atoms. The Kier molecular flexibility index (Phi) is 42.8. The van der Waals surface area contributed by atoms with Crippen molar-refractivity contribution in [2.45, 2.75) is 52.4 Å². The zero-order valence-electron chi connectivity index (χ0n) is 10.1. The van der Waals surface area contributed by atoms with E-state index >= 15 is 0 Å². The Morgan fingerprint density at radius 3 is 1.27 bits per heavy atom. The molecule has 0 aromatic heterocycles. The average molecular weight is 330 g/mol. The van der Waals surface area contributed by atoms with E-state index in [9.17, 15) is 0 Å². The molecule has 0 fully saturated rings. The molecule has 0 aromatic carbocycles. The van der Waals surface area contributed by atoms with Crippen LogP contribution in [0.15, 0.2) is 0 Å². The van der Waals surface area contributed by atoms with E-state index in [-0.39, 0.29) is 0 Å². The summed E-state index contributed by atoms with van der Waals surface area (Å²) >= 11 is -0.826. The zero-order chi connectivity index (χ0) is 12.4. The van der Waals surface area contributed by atoms with Crippen LogP contribution in [0.5, 0.6) is 0 Å². The van der Waals surface area contributed by atoms with E-state index in [1.807, 2.05) is 0 Å². The van der Waals surface area contributed by atoms with Crippen LogP contribution in [-0.2, 0) is 20.8 Å². The Labute approximate surface area is 116 Å². The van der Waals surface area contributed by atoms with Gasteiger partial charge in [-0.3, -0.25) is 0 Å². The van der Waals surface area contributed by atoms with Crippen molar-refractivity contribution in [1.82, 2.24) is 0 Å². The van der Waals surface area contributed by atoms with E-state index in [2.05, 4.69) is 40.5 Å². The fourth-order valence-electron chi connectivity index (χ4n) is 0.697. The monoisotopic (exact) mass is 328 g/mol. The van der Waals surface area contributed by atoms with Gasteiger partial charge in [-0.2, -0.15) is 12.8 Å². The molecule has 0 saturated carbocycles. The summed E-state index contributed by atoms with van der Waals surface area (Å²) in [5.74, 6) is 0. The molecule has 0 bridgehead atoms. The van der Waals surface area contributed by atoms with E-state index in [4.69, 9.17) is 17.0 Å². The fourth-order valence-corrected chi connectivity index (χ4v) is 0.697. The van der Waals surface area contributed by atoms with Crippen molar-refractivity contribution in [2.24, 2.45) is 0 Å². The van der Waals surface area contributed by atoms with Crippen molar-refractivity contribution in [3.8, 4) is 0 Å². The Balaban J connectivity index is -0.000000153. The standard InChI is InChI=1S/2C6H12.2ClH.Zr/c2*1-3-5-6-4-2;;;/h2*6H,1,3-5H2,2H3;2*1H;/q2*-2;;;+2/p-2. The molecule has 0 saturated heterocycles. The van der Waals surface area contributed by atoms with Crippen LogP contribution in [0.25, 0.3) is 0 Å². The molecule has 0 N–H and O–H groups in total.